The monoisotopic (exact) mass is 288 g/mol. The van der Waals surface area contributed by atoms with Crippen molar-refractivity contribution in [3.63, 3.8) is 0 Å². The minimum Gasteiger partial charge on any atom is -0.374 e. The van der Waals surface area contributed by atoms with Crippen LogP contribution in [0.2, 0.25) is 0 Å². The van der Waals surface area contributed by atoms with Gasteiger partial charge in [-0.3, -0.25) is 0 Å². The largest absolute Gasteiger partial charge is 0.374 e. The minimum absolute atomic E-state index is 0.181. The number of hydrogen-bond donors (Lipinski definition) is 0. The van der Waals surface area contributed by atoms with Crippen LogP contribution in [0.15, 0.2) is 55.1 Å². The summed E-state index contributed by atoms with van der Waals surface area (Å²) >= 11 is 0. The van der Waals surface area contributed by atoms with E-state index in [-0.39, 0.29) is 12.4 Å². The van der Waals surface area contributed by atoms with Crippen molar-refractivity contribution < 1.29 is 14.2 Å². The van der Waals surface area contributed by atoms with Crippen LogP contribution >= 0.6 is 0 Å². The Morgan fingerprint density at radius 2 is 2.00 bits per heavy atom. The van der Waals surface area contributed by atoms with Crippen LogP contribution in [0.1, 0.15) is 18.4 Å². The number of aryl methyl sites for hydroxylation is 1. The van der Waals surface area contributed by atoms with Crippen molar-refractivity contribution in [3.05, 3.63) is 60.7 Å². The van der Waals surface area contributed by atoms with Gasteiger partial charge in [-0.2, -0.15) is 0 Å². The van der Waals surface area contributed by atoms with E-state index in [1.54, 1.807) is 6.08 Å². The van der Waals surface area contributed by atoms with Crippen LogP contribution < -0.4 is 0 Å². The predicted octanol–water partition coefficient (Wildman–Crippen LogP) is 3.51. The van der Waals surface area contributed by atoms with Crippen molar-refractivity contribution in [1.82, 2.24) is 0 Å². The second-order valence-electron chi connectivity index (χ2n) is 5.04. The third-order valence-corrected chi connectivity index (χ3v) is 3.39. The average Bonchev–Trinajstić information content (AvgIpc) is 3.04. The zero-order valence-corrected chi connectivity index (χ0v) is 12.4. The Labute approximate surface area is 127 Å². The van der Waals surface area contributed by atoms with Crippen molar-refractivity contribution in [1.29, 1.82) is 0 Å². The summed E-state index contributed by atoms with van der Waals surface area (Å²) in [6, 6.07) is 10.5. The zero-order chi connectivity index (χ0) is 14.8. The Morgan fingerprint density at radius 3 is 2.71 bits per heavy atom. The van der Waals surface area contributed by atoms with Gasteiger partial charge in [0, 0.05) is 0 Å². The van der Waals surface area contributed by atoms with Crippen LogP contribution in [-0.4, -0.2) is 32.2 Å². The van der Waals surface area contributed by atoms with Crippen LogP contribution in [0.4, 0.5) is 0 Å². The highest BCUT2D eigenvalue weighted by atomic mass is 16.7. The highest BCUT2D eigenvalue weighted by molar-refractivity contribution is 5.14. The SMILES string of the molecule is C=CCOC(C/C=C/C1OCCO1)CCc1ccccc1. The van der Waals surface area contributed by atoms with Crippen molar-refractivity contribution in [2.45, 2.75) is 31.7 Å². The average molecular weight is 288 g/mol. The normalized spacial score (nSPS) is 17.3. The maximum Gasteiger partial charge on any atom is 0.177 e. The molecule has 2 rings (SSSR count). The molecule has 3 heteroatoms. The number of benzene rings is 1. The Kier molecular flexibility index (Phi) is 7.22. The van der Waals surface area contributed by atoms with Crippen molar-refractivity contribution in [2.75, 3.05) is 19.8 Å². The van der Waals surface area contributed by atoms with Gasteiger partial charge in [0.25, 0.3) is 0 Å². The van der Waals surface area contributed by atoms with Crippen LogP contribution in [0, 0.1) is 0 Å². The second kappa shape index (κ2) is 9.50. The smallest absolute Gasteiger partial charge is 0.177 e. The summed E-state index contributed by atoms with van der Waals surface area (Å²) in [5, 5.41) is 0. The molecule has 0 amide bonds. The maximum atomic E-state index is 5.83. The molecule has 21 heavy (non-hydrogen) atoms. The highest BCUT2D eigenvalue weighted by Gasteiger charge is 2.12. The lowest BCUT2D eigenvalue weighted by atomic mass is 10.0. The molecule has 1 unspecified atom stereocenters. The van der Waals surface area contributed by atoms with E-state index in [0.29, 0.717) is 19.8 Å². The fourth-order valence-electron chi connectivity index (χ4n) is 2.27. The molecule has 0 N–H and O–H groups in total. The van der Waals surface area contributed by atoms with E-state index in [2.05, 4.69) is 36.9 Å². The first kappa shape index (κ1) is 16.0. The molecule has 0 radical (unpaired) electrons. The zero-order valence-electron chi connectivity index (χ0n) is 12.4. The van der Waals surface area contributed by atoms with E-state index in [4.69, 9.17) is 14.2 Å². The van der Waals surface area contributed by atoms with Crippen LogP contribution in [0.25, 0.3) is 0 Å². The number of hydrogen-bond acceptors (Lipinski definition) is 3. The molecule has 114 valence electrons. The maximum absolute atomic E-state index is 5.83. The van der Waals surface area contributed by atoms with E-state index in [0.717, 1.165) is 19.3 Å². The lowest BCUT2D eigenvalue weighted by Crippen LogP contribution is -2.14. The first-order chi connectivity index (χ1) is 10.4. The summed E-state index contributed by atoms with van der Waals surface area (Å²) in [4.78, 5) is 0. The third-order valence-electron chi connectivity index (χ3n) is 3.39. The van der Waals surface area contributed by atoms with Crippen molar-refractivity contribution in [2.24, 2.45) is 0 Å². The first-order valence-corrected chi connectivity index (χ1v) is 7.55. The van der Waals surface area contributed by atoms with Gasteiger partial charge in [0.05, 0.1) is 25.9 Å². The molecule has 1 aliphatic heterocycles. The lowest BCUT2D eigenvalue weighted by molar-refractivity contribution is -0.00212. The third kappa shape index (κ3) is 6.25. The fourth-order valence-corrected chi connectivity index (χ4v) is 2.27. The van der Waals surface area contributed by atoms with Crippen LogP contribution in [0.5, 0.6) is 0 Å². The predicted molar refractivity (Wildman–Crippen MR) is 84.1 cm³/mol. The quantitative estimate of drug-likeness (QED) is 0.651. The van der Waals surface area contributed by atoms with Gasteiger partial charge in [-0.15, -0.1) is 6.58 Å². The molecule has 0 aromatic heterocycles. The Balaban J connectivity index is 1.77. The van der Waals surface area contributed by atoms with Gasteiger partial charge in [-0.05, 0) is 30.9 Å². The molecular weight excluding hydrogens is 264 g/mol. The Morgan fingerprint density at radius 1 is 1.24 bits per heavy atom. The number of rotatable bonds is 9. The standard InChI is InChI=1S/C18H24O3/c1-2-13-19-17(9-6-10-18-20-14-15-21-18)12-11-16-7-4-3-5-8-16/h2-8,10,17-18H,1,9,11-15H2/b10-6+. The molecule has 1 aromatic rings. The van der Waals surface area contributed by atoms with Gasteiger partial charge in [-0.25, -0.2) is 0 Å². The van der Waals surface area contributed by atoms with Gasteiger partial charge in [-0.1, -0.05) is 42.5 Å². The summed E-state index contributed by atoms with van der Waals surface area (Å²) in [5.41, 5.74) is 1.34. The Bertz CT molecular complexity index is 421. The summed E-state index contributed by atoms with van der Waals surface area (Å²) in [7, 11) is 0. The van der Waals surface area contributed by atoms with E-state index in [9.17, 15) is 0 Å². The summed E-state index contributed by atoms with van der Waals surface area (Å²) < 4.78 is 16.6. The lowest BCUT2D eigenvalue weighted by Gasteiger charge is -2.15. The molecule has 1 aliphatic rings. The molecule has 0 saturated carbocycles. The molecule has 0 bridgehead atoms. The van der Waals surface area contributed by atoms with Crippen molar-refractivity contribution in [3.8, 4) is 0 Å². The van der Waals surface area contributed by atoms with E-state index >= 15 is 0 Å². The number of ether oxygens (including phenoxy) is 3. The molecule has 1 saturated heterocycles. The topological polar surface area (TPSA) is 27.7 Å². The van der Waals surface area contributed by atoms with Crippen molar-refractivity contribution >= 4 is 0 Å². The summed E-state index contributed by atoms with van der Waals surface area (Å²) in [6.07, 6.45) is 8.75. The highest BCUT2D eigenvalue weighted by Crippen LogP contribution is 2.12. The first-order valence-electron chi connectivity index (χ1n) is 7.55. The Hall–Kier alpha value is -1.42. The second-order valence-corrected chi connectivity index (χ2v) is 5.04. The van der Waals surface area contributed by atoms with E-state index in [1.165, 1.54) is 5.56 Å². The van der Waals surface area contributed by atoms with Gasteiger partial charge < -0.3 is 14.2 Å². The van der Waals surface area contributed by atoms with Crippen LogP contribution in [-0.2, 0) is 20.6 Å². The van der Waals surface area contributed by atoms with Crippen LogP contribution in [0.3, 0.4) is 0 Å². The molecule has 1 fully saturated rings. The van der Waals surface area contributed by atoms with Gasteiger partial charge in [0.15, 0.2) is 6.29 Å². The summed E-state index contributed by atoms with van der Waals surface area (Å²) in [6.45, 7) is 5.66. The minimum atomic E-state index is -0.181. The molecule has 1 aromatic carbocycles. The molecule has 0 spiro atoms. The van der Waals surface area contributed by atoms with Gasteiger partial charge >= 0.3 is 0 Å². The van der Waals surface area contributed by atoms with E-state index < -0.39 is 0 Å². The molecular formula is C18H24O3. The molecule has 1 heterocycles. The molecule has 0 aliphatic carbocycles. The fraction of sp³-hybridized carbons (Fsp3) is 0.444. The molecule has 3 nitrogen and oxygen atoms in total. The molecule has 1 atom stereocenters. The summed E-state index contributed by atoms with van der Waals surface area (Å²) in [5.74, 6) is 0. The van der Waals surface area contributed by atoms with Gasteiger partial charge in [0.2, 0.25) is 0 Å². The van der Waals surface area contributed by atoms with E-state index in [1.807, 2.05) is 12.1 Å². The van der Waals surface area contributed by atoms with Gasteiger partial charge in [0.1, 0.15) is 0 Å².